The number of guanidine groups is 1. The third-order valence-corrected chi connectivity index (χ3v) is 4.47. The van der Waals surface area contributed by atoms with Gasteiger partial charge in [-0.25, -0.2) is 4.99 Å². The molecule has 0 saturated heterocycles. The zero-order valence-electron chi connectivity index (χ0n) is 17.6. The lowest BCUT2D eigenvalue weighted by atomic mass is 9.96. The van der Waals surface area contributed by atoms with Crippen molar-refractivity contribution >= 4 is 5.96 Å². The molecule has 1 atom stereocenters. The predicted octanol–water partition coefficient (Wildman–Crippen LogP) is 3.06. The summed E-state index contributed by atoms with van der Waals surface area (Å²) in [5.74, 6) is 1.54. The van der Waals surface area contributed by atoms with Crippen molar-refractivity contribution in [3.05, 3.63) is 65.7 Å². The number of nitrogens with zero attached hydrogens (tertiary/aromatic N) is 1. The van der Waals surface area contributed by atoms with Crippen LogP contribution in [0.1, 0.15) is 31.4 Å². The van der Waals surface area contributed by atoms with Gasteiger partial charge in [0.15, 0.2) is 5.96 Å². The molecule has 6 heteroatoms. The van der Waals surface area contributed by atoms with Gasteiger partial charge in [-0.1, -0.05) is 42.5 Å². The Balaban J connectivity index is 1.72. The van der Waals surface area contributed by atoms with Gasteiger partial charge in [0.25, 0.3) is 0 Å². The lowest BCUT2D eigenvalue weighted by molar-refractivity contribution is 0.0672. The smallest absolute Gasteiger partial charge is 0.191 e. The molecular formula is C23H33N3O3. The molecule has 2 aromatic carbocycles. The maximum absolute atomic E-state index is 10.7. The van der Waals surface area contributed by atoms with Crippen molar-refractivity contribution in [2.45, 2.75) is 32.5 Å². The van der Waals surface area contributed by atoms with Gasteiger partial charge in [0.2, 0.25) is 0 Å². The first-order valence-corrected chi connectivity index (χ1v) is 10.1. The van der Waals surface area contributed by atoms with Crippen molar-refractivity contribution in [2.24, 2.45) is 4.99 Å². The van der Waals surface area contributed by atoms with E-state index in [1.54, 1.807) is 14.0 Å². The molecule has 0 aliphatic heterocycles. The Morgan fingerprint density at radius 1 is 1.07 bits per heavy atom. The first-order valence-electron chi connectivity index (χ1n) is 10.1. The second-order valence-electron chi connectivity index (χ2n) is 7.02. The number of aliphatic hydroxyl groups is 1. The number of ether oxygens (including phenoxy) is 2. The van der Waals surface area contributed by atoms with E-state index in [-0.39, 0.29) is 6.54 Å². The molecule has 0 saturated carbocycles. The van der Waals surface area contributed by atoms with Crippen LogP contribution < -0.4 is 15.4 Å². The third kappa shape index (κ3) is 8.13. The number of hydrogen-bond donors (Lipinski definition) is 3. The van der Waals surface area contributed by atoms with Crippen LogP contribution >= 0.6 is 0 Å². The molecule has 0 radical (unpaired) electrons. The molecule has 158 valence electrons. The van der Waals surface area contributed by atoms with Crippen LogP contribution in [0, 0.1) is 0 Å². The van der Waals surface area contributed by atoms with Crippen LogP contribution in [0.5, 0.6) is 5.75 Å². The summed E-state index contributed by atoms with van der Waals surface area (Å²) in [6.45, 7) is 6.81. The second kappa shape index (κ2) is 12.1. The van der Waals surface area contributed by atoms with Crippen LogP contribution in [-0.2, 0) is 16.9 Å². The molecule has 0 spiro atoms. The van der Waals surface area contributed by atoms with Crippen LogP contribution in [0.2, 0.25) is 0 Å². The summed E-state index contributed by atoms with van der Waals surface area (Å²) in [6.07, 6.45) is 0.857. The SMILES string of the molecule is CCNC(=NCC(C)(O)c1ccccc1)NCCCOCc1ccc(OC)cc1. The van der Waals surface area contributed by atoms with Crippen LogP contribution in [-0.4, -0.2) is 44.4 Å². The fraction of sp³-hybridized carbons (Fsp3) is 0.435. The van der Waals surface area contributed by atoms with Crippen molar-refractivity contribution in [1.29, 1.82) is 0 Å². The Morgan fingerprint density at radius 2 is 1.79 bits per heavy atom. The third-order valence-electron chi connectivity index (χ3n) is 4.47. The highest BCUT2D eigenvalue weighted by Crippen LogP contribution is 2.20. The van der Waals surface area contributed by atoms with Crippen LogP contribution in [0.4, 0.5) is 0 Å². The summed E-state index contributed by atoms with van der Waals surface area (Å²) in [5.41, 5.74) is 0.966. The van der Waals surface area contributed by atoms with E-state index >= 15 is 0 Å². The molecule has 0 aliphatic rings. The summed E-state index contributed by atoms with van der Waals surface area (Å²) in [5, 5.41) is 17.2. The second-order valence-corrected chi connectivity index (χ2v) is 7.02. The Labute approximate surface area is 174 Å². The lowest BCUT2D eigenvalue weighted by Gasteiger charge is -2.22. The van der Waals surface area contributed by atoms with Gasteiger partial charge in [0, 0.05) is 19.7 Å². The number of aliphatic imine (C=N–C) groups is 1. The van der Waals surface area contributed by atoms with Gasteiger partial charge in [-0.15, -0.1) is 0 Å². The van der Waals surface area contributed by atoms with E-state index in [1.807, 2.05) is 61.5 Å². The summed E-state index contributed by atoms with van der Waals surface area (Å²) >= 11 is 0. The largest absolute Gasteiger partial charge is 0.497 e. The molecular weight excluding hydrogens is 366 g/mol. The van der Waals surface area contributed by atoms with Gasteiger partial charge in [-0.05, 0) is 43.5 Å². The van der Waals surface area contributed by atoms with Gasteiger partial charge in [-0.3, -0.25) is 0 Å². The van der Waals surface area contributed by atoms with E-state index in [1.165, 1.54) is 0 Å². The van der Waals surface area contributed by atoms with Crippen molar-refractivity contribution in [3.63, 3.8) is 0 Å². The van der Waals surface area contributed by atoms with E-state index in [2.05, 4.69) is 15.6 Å². The van der Waals surface area contributed by atoms with E-state index in [0.29, 0.717) is 19.2 Å². The standard InChI is InChI=1S/C23H33N3O3/c1-4-24-22(26-18-23(2,27)20-9-6-5-7-10-20)25-15-8-16-29-17-19-11-13-21(28-3)14-12-19/h5-7,9-14,27H,4,8,15-18H2,1-3H3,(H2,24,25,26). The van der Waals surface area contributed by atoms with Crippen LogP contribution in [0.15, 0.2) is 59.6 Å². The number of methoxy groups -OCH3 is 1. The number of hydrogen-bond acceptors (Lipinski definition) is 4. The monoisotopic (exact) mass is 399 g/mol. The van der Waals surface area contributed by atoms with E-state index in [0.717, 1.165) is 36.4 Å². The van der Waals surface area contributed by atoms with E-state index in [4.69, 9.17) is 9.47 Å². The topological polar surface area (TPSA) is 75.1 Å². The van der Waals surface area contributed by atoms with Crippen LogP contribution in [0.25, 0.3) is 0 Å². The molecule has 29 heavy (non-hydrogen) atoms. The maximum atomic E-state index is 10.7. The van der Waals surface area contributed by atoms with E-state index in [9.17, 15) is 5.11 Å². The molecule has 3 N–H and O–H groups in total. The number of nitrogens with one attached hydrogen (secondary N) is 2. The highest BCUT2D eigenvalue weighted by atomic mass is 16.5. The van der Waals surface area contributed by atoms with Crippen molar-refractivity contribution in [1.82, 2.24) is 10.6 Å². The quantitative estimate of drug-likeness (QED) is 0.308. The minimum absolute atomic E-state index is 0.278. The zero-order chi connectivity index (χ0) is 21.0. The molecule has 0 amide bonds. The van der Waals surface area contributed by atoms with Crippen molar-refractivity contribution < 1.29 is 14.6 Å². The molecule has 2 rings (SSSR count). The molecule has 0 fully saturated rings. The van der Waals surface area contributed by atoms with Gasteiger partial charge in [-0.2, -0.15) is 0 Å². The Bertz CT molecular complexity index is 731. The predicted molar refractivity (Wildman–Crippen MR) is 117 cm³/mol. The fourth-order valence-corrected chi connectivity index (χ4v) is 2.76. The Morgan fingerprint density at radius 3 is 2.45 bits per heavy atom. The lowest BCUT2D eigenvalue weighted by Crippen LogP contribution is -2.39. The molecule has 0 aromatic heterocycles. The first kappa shape index (κ1) is 22.7. The van der Waals surface area contributed by atoms with Crippen LogP contribution in [0.3, 0.4) is 0 Å². The molecule has 0 heterocycles. The van der Waals surface area contributed by atoms with Crippen molar-refractivity contribution in [2.75, 3.05) is 33.4 Å². The van der Waals surface area contributed by atoms with Gasteiger partial charge in [0.05, 0.1) is 20.3 Å². The average molecular weight is 400 g/mol. The summed E-state index contributed by atoms with van der Waals surface area (Å²) < 4.78 is 10.9. The molecule has 2 aromatic rings. The highest BCUT2D eigenvalue weighted by Gasteiger charge is 2.22. The minimum Gasteiger partial charge on any atom is -0.497 e. The molecule has 6 nitrogen and oxygen atoms in total. The molecule has 0 aliphatic carbocycles. The fourth-order valence-electron chi connectivity index (χ4n) is 2.76. The van der Waals surface area contributed by atoms with Gasteiger partial charge >= 0.3 is 0 Å². The molecule has 0 bridgehead atoms. The first-order chi connectivity index (χ1) is 14.0. The van der Waals surface area contributed by atoms with Gasteiger partial charge in [0.1, 0.15) is 11.4 Å². The minimum atomic E-state index is -1.01. The summed E-state index contributed by atoms with van der Waals surface area (Å²) in [4.78, 5) is 4.53. The average Bonchev–Trinajstić information content (AvgIpc) is 2.75. The molecule has 1 unspecified atom stereocenters. The van der Waals surface area contributed by atoms with Gasteiger partial charge < -0.3 is 25.2 Å². The Kier molecular flexibility index (Phi) is 9.47. The number of benzene rings is 2. The Hall–Kier alpha value is -2.57. The normalized spacial score (nSPS) is 13.6. The number of rotatable bonds is 11. The summed E-state index contributed by atoms with van der Waals surface area (Å²) in [6, 6.07) is 17.5. The zero-order valence-corrected chi connectivity index (χ0v) is 17.6. The highest BCUT2D eigenvalue weighted by molar-refractivity contribution is 5.79. The summed E-state index contributed by atoms with van der Waals surface area (Å²) in [7, 11) is 1.66. The van der Waals surface area contributed by atoms with E-state index < -0.39 is 5.60 Å². The van der Waals surface area contributed by atoms with Crippen molar-refractivity contribution in [3.8, 4) is 5.75 Å². The maximum Gasteiger partial charge on any atom is 0.191 e.